The van der Waals surface area contributed by atoms with Gasteiger partial charge in [-0.05, 0) is 28.8 Å². The SMILES string of the molecule is C#C.NCc1cccc(-c2cccnc2)c1. The number of terminal acetylenes is 1. The van der Waals surface area contributed by atoms with Crippen molar-refractivity contribution >= 4 is 0 Å². The Hall–Kier alpha value is -2.11. The first-order chi connectivity index (χ1) is 7.90. The maximum atomic E-state index is 5.58. The van der Waals surface area contributed by atoms with E-state index in [1.807, 2.05) is 30.5 Å². The van der Waals surface area contributed by atoms with Gasteiger partial charge in [0.15, 0.2) is 0 Å². The van der Waals surface area contributed by atoms with Gasteiger partial charge in [0.25, 0.3) is 0 Å². The van der Waals surface area contributed by atoms with Crippen LogP contribution in [0, 0.1) is 12.8 Å². The summed E-state index contributed by atoms with van der Waals surface area (Å²) in [5.41, 5.74) is 9.02. The summed E-state index contributed by atoms with van der Waals surface area (Å²) in [5, 5.41) is 0. The average Bonchev–Trinajstić information content (AvgIpc) is 2.42. The molecule has 0 aliphatic rings. The molecule has 1 aromatic carbocycles. The van der Waals surface area contributed by atoms with Gasteiger partial charge in [-0.3, -0.25) is 4.98 Å². The van der Waals surface area contributed by atoms with Gasteiger partial charge in [0.05, 0.1) is 0 Å². The molecule has 0 fully saturated rings. The molecule has 80 valence electrons. The second-order valence-electron chi connectivity index (χ2n) is 3.15. The normalized spacial score (nSPS) is 8.94. The van der Waals surface area contributed by atoms with Crippen molar-refractivity contribution in [2.75, 3.05) is 0 Å². The first kappa shape index (κ1) is 12.0. The molecule has 0 aliphatic heterocycles. The third-order valence-corrected chi connectivity index (χ3v) is 2.16. The summed E-state index contributed by atoms with van der Waals surface area (Å²) in [7, 11) is 0. The van der Waals surface area contributed by atoms with Crippen LogP contribution in [-0.2, 0) is 6.54 Å². The maximum Gasteiger partial charge on any atom is 0.0346 e. The van der Waals surface area contributed by atoms with Crippen molar-refractivity contribution in [2.45, 2.75) is 6.54 Å². The molecule has 2 N–H and O–H groups in total. The van der Waals surface area contributed by atoms with E-state index in [1.165, 1.54) is 5.56 Å². The van der Waals surface area contributed by atoms with E-state index in [4.69, 9.17) is 5.73 Å². The first-order valence-corrected chi connectivity index (χ1v) is 4.93. The molecule has 0 atom stereocenters. The van der Waals surface area contributed by atoms with Crippen LogP contribution in [-0.4, -0.2) is 4.98 Å². The second kappa shape index (κ2) is 6.39. The van der Waals surface area contributed by atoms with E-state index in [1.54, 1.807) is 6.20 Å². The van der Waals surface area contributed by atoms with Gasteiger partial charge >= 0.3 is 0 Å². The number of nitrogens with two attached hydrogens (primary N) is 1. The molecule has 0 bridgehead atoms. The van der Waals surface area contributed by atoms with E-state index in [-0.39, 0.29) is 0 Å². The fourth-order valence-corrected chi connectivity index (χ4v) is 1.41. The van der Waals surface area contributed by atoms with Gasteiger partial charge in [-0.1, -0.05) is 24.3 Å². The third-order valence-electron chi connectivity index (χ3n) is 2.16. The largest absolute Gasteiger partial charge is 0.326 e. The molecular formula is C14H14N2. The van der Waals surface area contributed by atoms with Gasteiger partial charge in [-0.15, -0.1) is 12.8 Å². The molecule has 0 saturated heterocycles. The molecule has 16 heavy (non-hydrogen) atoms. The predicted octanol–water partition coefficient (Wildman–Crippen LogP) is 2.46. The molecular weight excluding hydrogens is 196 g/mol. The standard InChI is InChI=1S/C12H12N2.C2H2/c13-8-10-3-1-4-11(7-10)12-5-2-6-14-9-12;1-2/h1-7,9H,8,13H2;1-2H. The molecule has 2 heteroatoms. The van der Waals surface area contributed by atoms with Crippen molar-refractivity contribution in [3.05, 3.63) is 54.4 Å². The second-order valence-corrected chi connectivity index (χ2v) is 3.15. The molecule has 0 spiro atoms. The summed E-state index contributed by atoms with van der Waals surface area (Å²) in [6.45, 7) is 0.577. The van der Waals surface area contributed by atoms with Gasteiger partial charge in [-0.2, -0.15) is 0 Å². The number of benzene rings is 1. The molecule has 2 rings (SSSR count). The summed E-state index contributed by atoms with van der Waals surface area (Å²) < 4.78 is 0. The highest BCUT2D eigenvalue weighted by Crippen LogP contribution is 2.18. The topological polar surface area (TPSA) is 38.9 Å². The van der Waals surface area contributed by atoms with Gasteiger partial charge in [0, 0.05) is 18.9 Å². The van der Waals surface area contributed by atoms with Crippen LogP contribution >= 0.6 is 0 Å². The summed E-state index contributed by atoms with van der Waals surface area (Å²) >= 11 is 0. The lowest BCUT2D eigenvalue weighted by Gasteiger charge is -2.02. The Morgan fingerprint density at radius 1 is 1.06 bits per heavy atom. The maximum absolute atomic E-state index is 5.58. The zero-order valence-corrected chi connectivity index (χ0v) is 9.01. The number of nitrogens with zero attached hydrogens (tertiary/aromatic N) is 1. The molecule has 1 aromatic heterocycles. The minimum Gasteiger partial charge on any atom is -0.326 e. The van der Waals surface area contributed by atoms with Crippen molar-refractivity contribution in [2.24, 2.45) is 5.73 Å². The molecule has 0 radical (unpaired) electrons. The van der Waals surface area contributed by atoms with E-state index in [0.717, 1.165) is 11.1 Å². The highest BCUT2D eigenvalue weighted by molar-refractivity contribution is 5.62. The molecule has 0 saturated carbocycles. The average molecular weight is 210 g/mol. The molecule has 1 heterocycles. The van der Waals surface area contributed by atoms with Crippen LogP contribution in [0.25, 0.3) is 11.1 Å². The highest BCUT2D eigenvalue weighted by atomic mass is 14.6. The smallest absolute Gasteiger partial charge is 0.0346 e. The Morgan fingerprint density at radius 3 is 2.44 bits per heavy atom. The fourth-order valence-electron chi connectivity index (χ4n) is 1.41. The van der Waals surface area contributed by atoms with Crippen LogP contribution in [0.3, 0.4) is 0 Å². The monoisotopic (exact) mass is 210 g/mol. The quantitative estimate of drug-likeness (QED) is 0.773. The lowest BCUT2D eigenvalue weighted by atomic mass is 10.1. The van der Waals surface area contributed by atoms with Crippen LogP contribution in [0.5, 0.6) is 0 Å². The minimum atomic E-state index is 0.577. The molecule has 2 nitrogen and oxygen atoms in total. The van der Waals surface area contributed by atoms with Gasteiger partial charge in [-0.25, -0.2) is 0 Å². The summed E-state index contributed by atoms with van der Waals surface area (Å²) in [4.78, 5) is 4.09. The molecule has 0 aliphatic carbocycles. The van der Waals surface area contributed by atoms with Crippen molar-refractivity contribution in [3.8, 4) is 24.0 Å². The first-order valence-electron chi connectivity index (χ1n) is 4.93. The number of aromatic nitrogens is 1. The van der Waals surface area contributed by atoms with Crippen LogP contribution in [0.15, 0.2) is 48.8 Å². The van der Waals surface area contributed by atoms with Crippen molar-refractivity contribution in [1.82, 2.24) is 4.98 Å². The van der Waals surface area contributed by atoms with E-state index >= 15 is 0 Å². The Kier molecular flexibility index (Phi) is 4.78. The van der Waals surface area contributed by atoms with Crippen LogP contribution in [0.4, 0.5) is 0 Å². The third kappa shape index (κ3) is 2.94. The number of hydrogen-bond donors (Lipinski definition) is 1. The van der Waals surface area contributed by atoms with E-state index in [2.05, 4.69) is 30.0 Å². The van der Waals surface area contributed by atoms with Crippen LogP contribution in [0.2, 0.25) is 0 Å². The molecule has 2 aromatic rings. The van der Waals surface area contributed by atoms with Crippen LogP contribution in [0.1, 0.15) is 5.56 Å². The molecule has 0 amide bonds. The van der Waals surface area contributed by atoms with Gasteiger partial charge < -0.3 is 5.73 Å². The highest BCUT2D eigenvalue weighted by Gasteiger charge is 1.97. The zero-order chi connectivity index (χ0) is 11.8. The lowest BCUT2D eigenvalue weighted by molar-refractivity contribution is 1.07. The number of hydrogen-bond acceptors (Lipinski definition) is 2. The Balaban J connectivity index is 0.000000606. The van der Waals surface area contributed by atoms with Crippen LogP contribution < -0.4 is 5.73 Å². The van der Waals surface area contributed by atoms with Gasteiger partial charge in [0.1, 0.15) is 0 Å². The van der Waals surface area contributed by atoms with Gasteiger partial charge in [0.2, 0.25) is 0 Å². The summed E-state index contributed by atoms with van der Waals surface area (Å²) in [6.07, 6.45) is 11.6. The van der Waals surface area contributed by atoms with E-state index in [0.29, 0.717) is 6.54 Å². The predicted molar refractivity (Wildman–Crippen MR) is 67.5 cm³/mol. The minimum absolute atomic E-state index is 0.577. The van der Waals surface area contributed by atoms with Crippen molar-refractivity contribution in [3.63, 3.8) is 0 Å². The Bertz CT molecular complexity index is 447. The summed E-state index contributed by atoms with van der Waals surface area (Å²) in [5.74, 6) is 0. The zero-order valence-electron chi connectivity index (χ0n) is 9.01. The number of pyridine rings is 1. The molecule has 0 unspecified atom stereocenters. The van der Waals surface area contributed by atoms with Crippen molar-refractivity contribution in [1.29, 1.82) is 0 Å². The lowest BCUT2D eigenvalue weighted by Crippen LogP contribution is -1.95. The Labute approximate surface area is 96.1 Å². The van der Waals surface area contributed by atoms with Crippen molar-refractivity contribution < 1.29 is 0 Å². The number of rotatable bonds is 2. The van der Waals surface area contributed by atoms with E-state index in [9.17, 15) is 0 Å². The fraction of sp³-hybridized carbons (Fsp3) is 0.0714. The Morgan fingerprint density at radius 2 is 1.81 bits per heavy atom. The summed E-state index contributed by atoms with van der Waals surface area (Å²) in [6, 6.07) is 12.2. The van der Waals surface area contributed by atoms with E-state index < -0.39 is 0 Å².